The Labute approximate surface area is 289 Å². The van der Waals surface area contributed by atoms with Gasteiger partial charge in [-0.25, -0.2) is 0 Å². The van der Waals surface area contributed by atoms with Crippen molar-refractivity contribution in [2.24, 2.45) is 5.41 Å². The molecular weight excluding hydrogens is 648 g/mol. The molecule has 3 amide bonds. The Morgan fingerprint density at radius 2 is 1.74 bits per heavy atom. The van der Waals surface area contributed by atoms with Crippen LogP contribution in [0.25, 0.3) is 6.08 Å². The van der Waals surface area contributed by atoms with E-state index in [0.717, 1.165) is 11.1 Å². The van der Waals surface area contributed by atoms with Crippen LogP contribution < -0.4 is 10.6 Å². The van der Waals surface area contributed by atoms with E-state index in [1.54, 1.807) is 20.2 Å². The van der Waals surface area contributed by atoms with Gasteiger partial charge in [-0.3, -0.25) is 24.0 Å². The SMILES string of the molecule is C[C@H](O)[C@@H](NC(=O)[C@@]12C[C@H]3OC(=O)[C@@H]1N(Cc1ccccc1C=CC(=O)N(C)C)O[C@@H]2[C@H]1OC2(Cc4ccccc4C2)O[C@H]13)C(=O)NCCO. The molecule has 5 aliphatic rings. The Balaban J connectivity index is 1.25. The third-order valence-corrected chi connectivity index (χ3v) is 10.4. The number of esters is 1. The maximum absolute atomic E-state index is 14.7. The van der Waals surface area contributed by atoms with Crippen molar-refractivity contribution in [3.05, 3.63) is 76.9 Å². The Morgan fingerprint density at radius 3 is 2.42 bits per heavy atom. The van der Waals surface area contributed by atoms with Crippen molar-refractivity contribution >= 4 is 29.8 Å². The van der Waals surface area contributed by atoms with Gasteiger partial charge in [0.1, 0.15) is 35.9 Å². The minimum Gasteiger partial charge on any atom is -0.458 e. The van der Waals surface area contributed by atoms with Crippen molar-refractivity contribution in [2.45, 2.75) is 81.1 Å². The second-order valence-electron chi connectivity index (χ2n) is 13.9. The van der Waals surface area contributed by atoms with Crippen LogP contribution in [0.4, 0.5) is 0 Å². The van der Waals surface area contributed by atoms with Gasteiger partial charge in [-0.15, -0.1) is 0 Å². The number of likely N-dealkylation sites (N-methyl/N-ethyl adjacent to an activating group) is 1. The van der Waals surface area contributed by atoms with Gasteiger partial charge in [0.05, 0.1) is 19.3 Å². The first kappa shape index (κ1) is 34.3. The number of carbonyl (C=O) groups is 4. The van der Waals surface area contributed by atoms with Crippen molar-refractivity contribution in [3.8, 4) is 0 Å². The van der Waals surface area contributed by atoms with Crippen molar-refractivity contribution in [2.75, 3.05) is 27.2 Å². The van der Waals surface area contributed by atoms with Gasteiger partial charge in [0.15, 0.2) is 11.8 Å². The standard InChI is InChI=1S/C36H42N4O10/c1-20(42)27(32(44)37-14-15-41)38-34(46)36-18-25-28-29(49-35(48-28)16-22-9-5-6-10-23(22)17-35)31(36)50-40(30(36)33(45)47-25)19-24-11-7-4-8-21(24)12-13-26(43)39(2)3/h4-13,20,25,27-31,41-42H,14-19H2,1-3H3,(H,37,44)(H,38,46)/t20-,25+,27+,28-,29-,30-,31+,36-/m0/s1. The molecule has 14 heteroatoms. The summed E-state index contributed by atoms with van der Waals surface area (Å²) >= 11 is 0. The first-order valence-electron chi connectivity index (χ1n) is 16.9. The van der Waals surface area contributed by atoms with Gasteiger partial charge in [0, 0.05) is 46.0 Å². The van der Waals surface area contributed by atoms with Crippen LogP contribution >= 0.6 is 0 Å². The van der Waals surface area contributed by atoms with Crippen LogP contribution in [0.1, 0.15) is 35.6 Å². The molecule has 2 bridgehead atoms. The molecule has 2 aromatic carbocycles. The molecule has 4 fully saturated rings. The van der Waals surface area contributed by atoms with Crippen LogP contribution in [-0.4, -0.2) is 120 Å². The summed E-state index contributed by atoms with van der Waals surface area (Å²) in [5.41, 5.74) is 1.98. The van der Waals surface area contributed by atoms with Gasteiger partial charge in [-0.1, -0.05) is 48.5 Å². The first-order chi connectivity index (χ1) is 24.0. The molecule has 3 saturated heterocycles. The Kier molecular flexibility index (Phi) is 9.03. The number of amides is 3. The second-order valence-corrected chi connectivity index (χ2v) is 13.9. The summed E-state index contributed by atoms with van der Waals surface area (Å²) in [6.07, 6.45) is -0.647. The van der Waals surface area contributed by atoms with E-state index in [4.69, 9.17) is 19.0 Å². The normalized spacial score (nSPS) is 30.0. The summed E-state index contributed by atoms with van der Waals surface area (Å²) in [7, 11) is 3.30. The van der Waals surface area contributed by atoms with Crippen LogP contribution in [0.15, 0.2) is 54.6 Å². The number of ether oxygens (including phenoxy) is 3. The molecule has 3 heterocycles. The lowest BCUT2D eigenvalue weighted by atomic mass is 9.62. The Hall–Kier alpha value is -4.18. The number of hydrogen-bond acceptors (Lipinski definition) is 11. The summed E-state index contributed by atoms with van der Waals surface area (Å²) < 4.78 is 19.5. The number of hydrogen-bond donors (Lipinski definition) is 4. The van der Waals surface area contributed by atoms with Gasteiger partial charge in [0.25, 0.3) is 0 Å². The summed E-state index contributed by atoms with van der Waals surface area (Å²) in [6.45, 7) is 1.00. The average Bonchev–Trinajstić information content (AvgIpc) is 3.76. The molecule has 266 valence electrons. The minimum atomic E-state index is -1.60. The topological polar surface area (TPSA) is 176 Å². The molecule has 0 radical (unpaired) electrons. The number of nitrogens with one attached hydrogen (secondary N) is 2. The van der Waals surface area contributed by atoms with E-state index in [1.807, 2.05) is 48.5 Å². The maximum atomic E-state index is 14.7. The maximum Gasteiger partial charge on any atom is 0.327 e. The van der Waals surface area contributed by atoms with Crippen molar-refractivity contribution in [3.63, 3.8) is 0 Å². The van der Waals surface area contributed by atoms with Crippen LogP contribution in [0.2, 0.25) is 0 Å². The zero-order valence-electron chi connectivity index (χ0n) is 28.1. The van der Waals surface area contributed by atoms with Gasteiger partial charge in [0.2, 0.25) is 17.7 Å². The van der Waals surface area contributed by atoms with Crippen LogP contribution in [-0.2, 0) is 57.6 Å². The van der Waals surface area contributed by atoms with Crippen molar-refractivity contribution in [1.29, 1.82) is 0 Å². The van der Waals surface area contributed by atoms with E-state index >= 15 is 0 Å². The van der Waals surface area contributed by atoms with Gasteiger partial charge in [-0.05, 0) is 35.3 Å². The third-order valence-electron chi connectivity index (χ3n) is 10.4. The predicted molar refractivity (Wildman–Crippen MR) is 175 cm³/mol. The molecular formula is C36H42N4O10. The Bertz CT molecular complexity index is 1690. The summed E-state index contributed by atoms with van der Waals surface area (Å²) in [5, 5.41) is 26.5. The highest BCUT2D eigenvalue weighted by molar-refractivity contribution is 5.96. The summed E-state index contributed by atoms with van der Waals surface area (Å²) in [6, 6.07) is 12.6. The van der Waals surface area contributed by atoms with Crippen molar-refractivity contribution < 1.29 is 48.4 Å². The quantitative estimate of drug-likeness (QED) is 0.193. The zero-order chi connectivity index (χ0) is 35.4. The molecule has 2 aromatic rings. The fourth-order valence-electron chi connectivity index (χ4n) is 8.05. The number of hydroxylamine groups is 2. The first-order valence-corrected chi connectivity index (χ1v) is 16.9. The molecule has 14 nitrogen and oxygen atoms in total. The molecule has 1 saturated carbocycles. The van der Waals surface area contributed by atoms with E-state index in [-0.39, 0.29) is 32.0 Å². The highest BCUT2D eigenvalue weighted by atomic mass is 16.8. The lowest BCUT2D eigenvalue weighted by Gasteiger charge is -2.49. The third kappa shape index (κ3) is 5.79. The van der Waals surface area contributed by atoms with E-state index < -0.39 is 71.6 Å². The second kappa shape index (κ2) is 13.2. The largest absolute Gasteiger partial charge is 0.458 e. The van der Waals surface area contributed by atoms with Gasteiger partial charge in [-0.2, -0.15) is 5.06 Å². The van der Waals surface area contributed by atoms with Gasteiger partial charge < -0.3 is 40.0 Å². The van der Waals surface area contributed by atoms with Crippen LogP contribution in [0.3, 0.4) is 0 Å². The van der Waals surface area contributed by atoms with E-state index in [1.165, 1.54) is 23.0 Å². The number of rotatable bonds is 10. The molecule has 8 atom stereocenters. The highest BCUT2D eigenvalue weighted by Crippen LogP contribution is 2.58. The molecule has 2 aliphatic carbocycles. The average molecular weight is 691 g/mol. The summed E-state index contributed by atoms with van der Waals surface area (Å²) in [5.74, 6) is -3.31. The molecule has 1 spiro atoms. The minimum absolute atomic E-state index is 0.0215. The van der Waals surface area contributed by atoms with Crippen LogP contribution in [0, 0.1) is 5.41 Å². The molecule has 0 unspecified atom stereocenters. The monoisotopic (exact) mass is 690 g/mol. The Morgan fingerprint density at radius 1 is 1.06 bits per heavy atom. The lowest BCUT2D eigenvalue weighted by Crippen LogP contribution is -2.71. The number of fused-ring (bicyclic) bond motifs is 5. The number of aliphatic hydroxyl groups is 2. The number of benzene rings is 2. The number of carbonyl (C=O) groups excluding carboxylic acids is 4. The smallest absolute Gasteiger partial charge is 0.327 e. The number of aliphatic hydroxyl groups excluding tert-OH is 2. The molecule has 4 N–H and O–H groups in total. The van der Waals surface area contributed by atoms with Crippen molar-refractivity contribution in [1.82, 2.24) is 20.6 Å². The predicted octanol–water partition coefficient (Wildman–Crippen LogP) is -0.159. The molecule has 50 heavy (non-hydrogen) atoms. The van der Waals surface area contributed by atoms with E-state index in [2.05, 4.69) is 10.6 Å². The van der Waals surface area contributed by atoms with Crippen LogP contribution in [0.5, 0.6) is 0 Å². The number of nitrogens with zero attached hydrogens (tertiary/aromatic N) is 2. The fourth-order valence-corrected chi connectivity index (χ4v) is 8.05. The molecule has 3 aliphatic heterocycles. The lowest BCUT2D eigenvalue weighted by molar-refractivity contribution is -0.217. The molecule has 0 aromatic heterocycles. The zero-order valence-corrected chi connectivity index (χ0v) is 28.1. The summed E-state index contributed by atoms with van der Waals surface area (Å²) in [4.78, 5) is 62.2. The fraction of sp³-hybridized carbons (Fsp3) is 0.500. The van der Waals surface area contributed by atoms with E-state index in [0.29, 0.717) is 24.0 Å². The van der Waals surface area contributed by atoms with Gasteiger partial charge >= 0.3 is 5.97 Å². The molecule has 7 rings (SSSR count). The van der Waals surface area contributed by atoms with E-state index in [9.17, 15) is 29.4 Å². The highest BCUT2D eigenvalue weighted by Gasteiger charge is 2.76.